The van der Waals surface area contributed by atoms with Crippen molar-refractivity contribution in [2.24, 2.45) is 0 Å². The molecule has 1 aliphatic heterocycles. The van der Waals surface area contributed by atoms with Crippen LogP contribution in [0.15, 0.2) is 60.7 Å². The Morgan fingerprint density at radius 3 is 2.39 bits per heavy atom. The van der Waals surface area contributed by atoms with Gasteiger partial charge in [-0.15, -0.1) is 0 Å². The number of sulfonamides is 1. The van der Waals surface area contributed by atoms with Gasteiger partial charge in [-0.1, -0.05) is 81.5 Å². The maximum atomic E-state index is 13.3. The van der Waals surface area contributed by atoms with E-state index in [9.17, 15) is 31.2 Å². The van der Waals surface area contributed by atoms with Crippen molar-refractivity contribution in [3.63, 3.8) is 0 Å². The van der Waals surface area contributed by atoms with Crippen LogP contribution in [0.5, 0.6) is 0 Å². The molecule has 7 nitrogen and oxygen atoms in total. The van der Waals surface area contributed by atoms with E-state index in [1.165, 1.54) is 27.4 Å². The van der Waals surface area contributed by atoms with E-state index in [2.05, 4.69) is 12.2 Å². The molecular formula is C30H38F3N3O4S. The number of unbranched alkanes of at least 4 members (excludes halogenated alkanes) is 5. The summed E-state index contributed by atoms with van der Waals surface area (Å²) in [5, 5.41) is 2.79. The summed E-state index contributed by atoms with van der Waals surface area (Å²) in [6.45, 7) is 2.15. The SMILES string of the molecule is CCCCCCCCS(=O)(=O)N1CCN(C(=O)/C=C/c2cccc(C(F)(F)F)c2)CC1C(=O)NCc1ccccc1. The van der Waals surface area contributed by atoms with Gasteiger partial charge in [0.05, 0.1) is 11.3 Å². The first-order chi connectivity index (χ1) is 19.5. The number of hydrogen-bond acceptors (Lipinski definition) is 4. The van der Waals surface area contributed by atoms with Crippen LogP contribution in [0, 0.1) is 0 Å². The fraction of sp³-hybridized carbons (Fsp3) is 0.467. The van der Waals surface area contributed by atoms with Gasteiger partial charge in [0.15, 0.2) is 0 Å². The minimum Gasteiger partial charge on any atom is -0.351 e. The second-order valence-corrected chi connectivity index (χ2v) is 12.2. The average molecular weight is 594 g/mol. The molecule has 224 valence electrons. The third-order valence-corrected chi connectivity index (χ3v) is 8.96. The summed E-state index contributed by atoms with van der Waals surface area (Å²) in [6, 6.07) is 12.7. The maximum Gasteiger partial charge on any atom is 0.416 e. The molecule has 0 aromatic heterocycles. The Kier molecular flexibility index (Phi) is 12.0. The molecule has 1 N–H and O–H groups in total. The molecule has 3 rings (SSSR count). The predicted molar refractivity (Wildman–Crippen MR) is 153 cm³/mol. The van der Waals surface area contributed by atoms with Crippen LogP contribution >= 0.6 is 0 Å². The Hall–Kier alpha value is -3.18. The summed E-state index contributed by atoms with van der Waals surface area (Å²) in [7, 11) is -3.77. The Morgan fingerprint density at radius 2 is 1.68 bits per heavy atom. The number of nitrogens with zero attached hydrogens (tertiary/aromatic N) is 2. The second kappa shape index (κ2) is 15.2. The molecule has 1 fully saturated rings. The van der Waals surface area contributed by atoms with Crippen LogP contribution < -0.4 is 5.32 Å². The zero-order chi connectivity index (χ0) is 29.9. The van der Waals surface area contributed by atoms with Crippen LogP contribution in [0.2, 0.25) is 0 Å². The molecule has 1 heterocycles. The first-order valence-electron chi connectivity index (χ1n) is 14.0. The number of amides is 2. The van der Waals surface area contributed by atoms with Gasteiger partial charge >= 0.3 is 6.18 Å². The molecule has 0 spiro atoms. The first kappa shape index (κ1) is 32.3. The van der Waals surface area contributed by atoms with E-state index in [1.807, 2.05) is 30.3 Å². The molecule has 2 amide bonds. The van der Waals surface area contributed by atoms with Gasteiger partial charge in [-0.25, -0.2) is 8.42 Å². The molecule has 1 unspecified atom stereocenters. The largest absolute Gasteiger partial charge is 0.416 e. The van der Waals surface area contributed by atoms with Crippen LogP contribution in [-0.4, -0.2) is 60.9 Å². The maximum absolute atomic E-state index is 13.3. The number of rotatable bonds is 13. The van der Waals surface area contributed by atoms with Crippen molar-refractivity contribution in [2.75, 3.05) is 25.4 Å². The minimum absolute atomic E-state index is 0.0509. The van der Waals surface area contributed by atoms with E-state index in [4.69, 9.17) is 0 Å². The monoisotopic (exact) mass is 593 g/mol. The number of nitrogens with one attached hydrogen (secondary N) is 1. The highest BCUT2D eigenvalue weighted by atomic mass is 32.2. The van der Waals surface area contributed by atoms with Gasteiger partial charge in [0.25, 0.3) is 0 Å². The smallest absolute Gasteiger partial charge is 0.351 e. The van der Waals surface area contributed by atoms with Gasteiger partial charge < -0.3 is 10.2 Å². The molecule has 0 bridgehead atoms. The lowest BCUT2D eigenvalue weighted by Gasteiger charge is -2.39. The Morgan fingerprint density at radius 1 is 0.976 bits per heavy atom. The van der Waals surface area contributed by atoms with Crippen molar-refractivity contribution >= 4 is 27.9 Å². The van der Waals surface area contributed by atoms with E-state index in [0.29, 0.717) is 6.42 Å². The number of carbonyl (C=O) groups excluding carboxylic acids is 2. The highest BCUT2D eigenvalue weighted by molar-refractivity contribution is 7.89. The lowest BCUT2D eigenvalue weighted by Crippen LogP contribution is -2.61. The summed E-state index contributed by atoms with van der Waals surface area (Å²) in [5.41, 5.74) is 0.215. The summed E-state index contributed by atoms with van der Waals surface area (Å²) in [5.74, 6) is -1.11. The highest BCUT2D eigenvalue weighted by Crippen LogP contribution is 2.29. The zero-order valence-electron chi connectivity index (χ0n) is 23.3. The fourth-order valence-corrected chi connectivity index (χ4v) is 6.40. The van der Waals surface area contributed by atoms with Gasteiger partial charge in [0, 0.05) is 32.3 Å². The highest BCUT2D eigenvalue weighted by Gasteiger charge is 2.40. The van der Waals surface area contributed by atoms with E-state index < -0.39 is 39.6 Å². The molecule has 1 atom stereocenters. The van der Waals surface area contributed by atoms with Crippen LogP contribution in [0.4, 0.5) is 13.2 Å². The van der Waals surface area contributed by atoms with Crippen LogP contribution in [0.25, 0.3) is 6.08 Å². The third-order valence-electron chi connectivity index (χ3n) is 7.00. The number of halogens is 3. The van der Waals surface area contributed by atoms with Crippen molar-refractivity contribution in [1.82, 2.24) is 14.5 Å². The molecule has 11 heteroatoms. The van der Waals surface area contributed by atoms with Crippen molar-refractivity contribution < 1.29 is 31.2 Å². The van der Waals surface area contributed by atoms with Gasteiger partial charge in [-0.05, 0) is 35.8 Å². The number of carbonyl (C=O) groups is 2. The molecular weight excluding hydrogens is 555 g/mol. The van der Waals surface area contributed by atoms with Gasteiger partial charge in [-0.3, -0.25) is 9.59 Å². The van der Waals surface area contributed by atoms with Crippen molar-refractivity contribution in [1.29, 1.82) is 0 Å². The molecule has 1 aliphatic rings. The Balaban J connectivity index is 1.71. The minimum atomic E-state index is -4.51. The molecule has 41 heavy (non-hydrogen) atoms. The van der Waals surface area contributed by atoms with E-state index in [-0.39, 0.29) is 37.5 Å². The van der Waals surface area contributed by atoms with Crippen molar-refractivity contribution in [3.05, 3.63) is 77.4 Å². The summed E-state index contributed by atoms with van der Waals surface area (Å²) < 4.78 is 66.9. The normalized spacial score (nSPS) is 16.7. The van der Waals surface area contributed by atoms with Crippen LogP contribution in [-0.2, 0) is 32.3 Å². The summed E-state index contributed by atoms with van der Waals surface area (Å²) in [4.78, 5) is 27.6. The fourth-order valence-electron chi connectivity index (χ4n) is 4.69. The van der Waals surface area contributed by atoms with E-state index >= 15 is 0 Å². The zero-order valence-corrected chi connectivity index (χ0v) is 24.1. The molecule has 2 aromatic rings. The average Bonchev–Trinajstić information content (AvgIpc) is 2.96. The molecule has 0 saturated carbocycles. The first-order valence-corrected chi connectivity index (χ1v) is 15.6. The Labute approximate surface area is 240 Å². The summed E-state index contributed by atoms with van der Waals surface area (Å²) >= 11 is 0. The van der Waals surface area contributed by atoms with E-state index in [1.54, 1.807) is 0 Å². The molecule has 1 saturated heterocycles. The van der Waals surface area contributed by atoms with Crippen LogP contribution in [0.1, 0.15) is 62.1 Å². The lowest BCUT2D eigenvalue weighted by molar-refractivity contribution is -0.137. The molecule has 0 aliphatic carbocycles. The topological polar surface area (TPSA) is 86.8 Å². The van der Waals surface area contributed by atoms with E-state index in [0.717, 1.165) is 55.9 Å². The lowest BCUT2D eigenvalue weighted by atomic mass is 10.1. The predicted octanol–water partition coefficient (Wildman–Crippen LogP) is 5.24. The standard InChI is InChI=1S/C30H38F3N3O4S/c1-2-3-4-5-6-10-20-41(39,40)36-19-18-35(23-27(36)29(38)34-22-25-12-8-7-9-13-25)28(37)17-16-24-14-11-15-26(21-24)30(31,32)33/h7-9,11-17,21,27H,2-6,10,18-20,22-23H2,1H3,(H,34,38)/b17-16+. The van der Waals surface area contributed by atoms with Crippen LogP contribution in [0.3, 0.4) is 0 Å². The number of benzene rings is 2. The number of hydrogen-bond donors (Lipinski definition) is 1. The molecule has 2 aromatic carbocycles. The van der Waals surface area contributed by atoms with Gasteiger partial charge in [0.2, 0.25) is 21.8 Å². The third kappa shape index (κ3) is 10.00. The Bertz CT molecular complexity index is 1280. The van der Waals surface area contributed by atoms with Gasteiger partial charge in [-0.2, -0.15) is 17.5 Å². The van der Waals surface area contributed by atoms with Crippen molar-refractivity contribution in [3.8, 4) is 0 Å². The van der Waals surface area contributed by atoms with Crippen molar-refractivity contribution in [2.45, 2.75) is 64.2 Å². The summed E-state index contributed by atoms with van der Waals surface area (Å²) in [6.07, 6.45) is 3.39. The number of alkyl halides is 3. The van der Waals surface area contributed by atoms with Gasteiger partial charge in [0.1, 0.15) is 6.04 Å². The quantitative estimate of drug-likeness (QED) is 0.254. The number of piperazine rings is 1. The second-order valence-electron chi connectivity index (χ2n) is 10.2. The molecule has 0 radical (unpaired) electrons.